The molecule has 0 aliphatic carbocycles. The second-order valence-electron chi connectivity index (χ2n) is 9.39. The Hall–Kier alpha value is -4.04. The summed E-state index contributed by atoms with van der Waals surface area (Å²) >= 11 is 5.85. The molecule has 1 fully saturated rings. The van der Waals surface area contributed by atoms with Crippen LogP contribution in [0.15, 0.2) is 85.2 Å². The summed E-state index contributed by atoms with van der Waals surface area (Å²) in [4.78, 5) is 18.9. The highest BCUT2D eigenvalue weighted by Gasteiger charge is 2.42. The van der Waals surface area contributed by atoms with Crippen molar-refractivity contribution >= 4 is 34.6 Å². The minimum atomic E-state index is -0.312. The molecule has 0 spiro atoms. The number of carbonyl (C=O) groups excluding carboxylic acids is 1. The highest BCUT2D eigenvalue weighted by molar-refractivity contribution is 7.80. The lowest BCUT2D eigenvalue weighted by Crippen LogP contribution is -2.30. The Kier molecular flexibility index (Phi) is 6.76. The van der Waals surface area contributed by atoms with Crippen molar-refractivity contribution in [1.82, 2.24) is 14.9 Å². The van der Waals surface area contributed by atoms with E-state index in [0.29, 0.717) is 10.8 Å². The fourth-order valence-electron chi connectivity index (χ4n) is 4.65. The lowest BCUT2D eigenvalue weighted by molar-refractivity contribution is -0.118. The molecule has 3 heterocycles. The van der Waals surface area contributed by atoms with Crippen molar-refractivity contribution < 1.29 is 9.18 Å². The van der Waals surface area contributed by atoms with E-state index < -0.39 is 0 Å². The van der Waals surface area contributed by atoms with E-state index in [1.807, 2.05) is 91.0 Å². The molecule has 8 heteroatoms. The van der Waals surface area contributed by atoms with Gasteiger partial charge < -0.3 is 20.1 Å². The van der Waals surface area contributed by atoms with Crippen molar-refractivity contribution in [2.45, 2.75) is 32.9 Å². The number of rotatable bonds is 6. The number of amides is 1. The van der Waals surface area contributed by atoms with Gasteiger partial charge in [0.15, 0.2) is 5.11 Å². The van der Waals surface area contributed by atoms with Gasteiger partial charge in [-0.25, -0.2) is 4.39 Å². The molecule has 2 N–H and O–H groups in total. The fourth-order valence-corrected chi connectivity index (χ4v) is 5.00. The summed E-state index contributed by atoms with van der Waals surface area (Å²) in [5.74, 6) is -0.468. The molecule has 0 unspecified atom stereocenters. The standard InChI is InChI=1S/C29H28FN5OS/c1-18(2)28(36)32-22-14-13-20(17-19(22)3)35-27(26(33-29(35)37)23-10-6-7-15-31-23)25-12-8-16-34(25)24-11-5-4-9-21(24)30/h4-18,26-27H,1-3H3,(H,32,36)(H,33,37)/t26-,27+/m0/s1. The second-order valence-corrected chi connectivity index (χ2v) is 9.78. The van der Waals surface area contributed by atoms with E-state index in [1.165, 1.54) is 6.07 Å². The van der Waals surface area contributed by atoms with Gasteiger partial charge in [0, 0.05) is 35.4 Å². The molecule has 2 atom stereocenters. The van der Waals surface area contributed by atoms with Gasteiger partial charge in [0.2, 0.25) is 5.91 Å². The topological polar surface area (TPSA) is 62.2 Å². The number of hydrogen-bond donors (Lipinski definition) is 2. The molecule has 2 aromatic carbocycles. The zero-order valence-corrected chi connectivity index (χ0v) is 21.7. The van der Waals surface area contributed by atoms with Crippen LogP contribution in [-0.4, -0.2) is 20.6 Å². The molecule has 188 valence electrons. The third-order valence-corrected chi connectivity index (χ3v) is 6.88. The van der Waals surface area contributed by atoms with Crippen LogP contribution in [0.3, 0.4) is 0 Å². The van der Waals surface area contributed by atoms with Crippen LogP contribution in [0, 0.1) is 18.7 Å². The number of benzene rings is 2. The van der Waals surface area contributed by atoms with Crippen LogP contribution in [-0.2, 0) is 4.79 Å². The van der Waals surface area contributed by atoms with E-state index in [0.717, 1.165) is 28.3 Å². The minimum absolute atomic E-state index is 0.0370. The van der Waals surface area contributed by atoms with Gasteiger partial charge in [0.05, 0.1) is 17.4 Å². The summed E-state index contributed by atoms with van der Waals surface area (Å²) in [6.45, 7) is 5.68. The lowest BCUT2D eigenvalue weighted by atomic mass is 10.00. The van der Waals surface area contributed by atoms with Crippen molar-refractivity contribution in [2.75, 3.05) is 10.2 Å². The van der Waals surface area contributed by atoms with Crippen LogP contribution in [0.2, 0.25) is 0 Å². The van der Waals surface area contributed by atoms with E-state index >= 15 is 0 Å². The predicted molar refractivity (Wildman–Crippen MR) is 148 cm³/mol. The van der Waals surface area contributed by atoms with Gasteiger partial charge in [-0.3, -0.25) is 9.78 Å². The minimum Gasteiger partial charge on any atom is -0.351 e. The van der Waals surface area contributed by atoms with Gasteiger partial charge in [-0.05, 0) is 79.3 Å². The number of halogens is 1. The van der Waals surface area contributed by atoms with E-state index in [2.05, 4.69) is 15.6 Å². The largest absolute Gasteiger partial charge is 0.351 e. The number of nitrogens with one attached hydrogen (secondary N) is 2. The Labute approximate surface area is 221 Å². The monoisotopic (exact) mass is 513 g/mol. The van der Waals surface area contributed by atoms with Crippen LogP contribution in [0.4, 0.5) is 15.8 Å². The summed E-state index contributed by atoms with van der Waals surface area (Å²) in [5, 5.41) is 6.98. The lowest BCUT2D eigenvalue weighted by Gasteiger charge is -2.29. The van der Waals surface area contributed by atoms with Gasteiger partial charge in [-0.15, -0.1) is 0 Å². The fraction of sp³-hybridized carbons (Fsp3) is 0.207. The third-order valence-electron chi connectivity index (χ3n) is 6.56. The molecular formula is C29H28FN5OS. The van der Waals surface area contributed by atoms with E-state index in [4.69, 9.17) is 12.2 Å². The summed E-state index contributed by atoms with van der Waals surface area (Å²) in [6, 6.07) is 21.7. The first-order valence-corrected chi connectivity index (χ1v) is 12.6. The zero-order valence-electron chi connectivity index (χ0n) is 20.9. The highest BCUT2D eigenvalue weighted by Crippen LogP contribution is 2.43. The normalized spacial score (nSPS) is 17.2. The number of aromatic nitrogens is 2. The van der Waals surface area contributed by atoms with Crippen LogP contribution in [0.25, 0.3) is 5.69 Å². The van der Waals surface area contributed by atoms with Crippen LogP contribution < -0.4 is 15.5 Å². The van der Waals surface area contributed by atoms with Crippen LogP contribution >= 0.6 is 12.2 Å². The second kappa shape index (κ2) is 10.1. The number of aryl methyl sites for hydroxylation is 1. The quantitative estimate of drug-likeness (QED) is 0.306. The van der Waals surface area contributed by atoms with E-state index in [-0.39, 0.29) is 29.7 Å². The number of pyridine rings is 1. The zero-order chi connectivity index (χ0) is 26.1. The highest BCUT2D eigenvalue weighted by atomic mass is 32.1. The Balaban J connectivity index is 1.61. The molecule has 6 nitrogen and oxygen atoms in total. The summed E-state index contributed by atoms with van der Waals surface area (Å²) < 4.78 is 16.7. The molecule has 0 radical (unpaired) electrons. The Morgan fingerprint density at radius 2 is 1.86 bits per heavy atom. The maximum Gasteiger partial charge on any atom is 0.226 e. The van der Waals surface area contributed by atoms with Gasteiger partial charge in [0.1, 0.15) is 11.9 Å². The number of nitrogens with zero attached hydrogens (tertiary/aromatic N) is 3. The van der Waals surface area contributed by atoms with Gasteiger partial charge in [-0.1, -0.05) is 32.0 Å². The Morgan fingerprint density at radius 3 is 2.57 bits per heavy atom. The van der Waals surface area contributed by atoms with Gasteiger partial charge in [-0.2, -0.15) is 0 Å². The first kappa shape index (κ1) is 24.6. The molecule has 1 amide bonds. The molecule has 2 aromatic heterocycles. The first-order chi connectivity index (χ1) is 17.8. The van der Waals surface area contributed by atoms with Crippen molar-refractivity contribution in [1.29, 1.82) is 0 Å². The number of para-hydroxylation sites is 1. The summed E-state index contributed by atoms with van der Waals surface area (Å²) in [5.41, 5.74) is 4.69. The summed E-state index contributed by atoms with van der Waals surface area (Å²) in [6.07, 6.45) is 3.62. The Morgan fingerprint density at radius 1 is 1.08 bits per heavy atom. The smallest absolute Gasteiger partial charge is 0.226 e. The van der Waals surface area contributed by atoms with Crippen molar-refractivity contribution in [3.63, 3.8) is 0 Å². The molecule has 1 saturated heterocycles. The van der Waals surface area contributed by atoms with Crippen molar-refractivity contribution in [3.05, 3.63) is 108 Å². The third kappa shape index (κ3) is 4.72. The molecule has 4 aromatic rings. The molecular weight excluding hydrogens is 485 g/mol. The number of hydrogen-bond acceptors (Lipinski definition) is 3. The molecule has 1 aliphatic rings. The first-order valence-electron chi connectivity index (χ1n) is 12.2. The number of carbonyl (C=O) groups is 1. The maximum absolute atomic E-state index is 14.9. The molecule has 37 heavy (non-hydrogen) atoms. The van der Waals surface area contributed by atoms with Crippen LogP contribution in [0.1, 0.15) is 42.9 Å². The predicted octanol–water partition coefficient (Wildman–Crippen LogP) is 6.09. The van der Waals surface area contributed by atoms with E-state index in [1.54, 1.807) is 18.3 Å². The number of anilines is 2. The Bertz CT molecular complexity index is 1450. The van der Waals surface area contributed by atoms with Gasteiger partial charge >= 0.3 is 0 Å². The van der Waals surface area contributed by atoms with Crippen molar-refractivity contribution in [2.24, 2.45) is 5.92 Å². The maximum atomic E-state index is 14.9. The molecule has 0 saturated carbocycles. The average Bonchev–Trinajstić information content (AvgIpc) is 3.50. The average molecular weight is 514 g/mol. The van der Waals surface area contributed by atoms with Gasteiger partial charge in [0.25, 0.3) is 0 Å². The van der Waals surface area contributed by atoms with Crippen LogP contribution in [0.5, 0.6) is 0 Å². The number of thiocarbonyl (C=S) groups is 1. The SMILES string of the molecule is Cc1cc(N2C(=S)N[C@@H](c3ccccn3)[C@H]2c2cccn2-c2ccccc2F)ccc1NC(=O)C(C)C. The van der Waals surface area contributed by atoms with E-state index in [9.17, 15) is 9.18 Å². The summed E-state index contributed by atoms with van der Waals surface area (Å²) in [7, 11) is 0. The molecule has 5 rings (SSSR count). The molecule has 0 bridgehead atoms. The van der Waals surface area contributed by atoms with Crippen molar-refractivity contribution in [3.8, 4) is 5.69 Å². The molecule has 1 aliphatic heterocycles.